The summed E-state index contributed by atoms with van der Waals surface area (Å²) in [6.45, 7) is 1.39. The molecule has 0 radical (unpaired) electrons. The number of thiophene rings is 1. The molecule has 3 rings (SSSR count). The van der Waals surface area contributed by atoms with Crippen LogP contribution in [0.15, 0.2) is 22.9 Å². The van der Waals surface area contributed by atoms with E-state index in [1.807, 2.05) is 21.7 Å². The lowest BCUT2D eigenvalue weighted by Crippen LogP contribution is -2.40. The monoisotopic (exact) mass is 379 g/mol. The Labute approximate surface area is 150 Å². The first-order valence-electron chi connectivity index (χ1n) is 6.75. The first-order valence-corrected chi connectivity index (χ1v) is 8.51. The summed E-state index contributed by atoms with van der Waals surface area (Å²) in [5, 5.41) is 5.03. The minimum Gasteiger partial charge on any atom is -0.338 e. The highest BCUT2D eigenvalue weighted by atomic mass is 35.5. The van der Waals surface area contributed by atoms with Gasteiger partial charge in [-0.3, -0.25) is 4.79 Å². The average molecular weight is 380 g/mol. The molecule has 0 bridgehead atoms. The van der Waals surface area contributed by atoms with Crippen LogP contribution in [0.4, 0.5) is 0 Å². The zero-order chi connectivity index (χ0) is 13.9. The fourth-order valence-electron chi connectivity index (χ4n) is 2.57. The van der Waals surface area contributed by atoms with E-state index in [1.54, 1.807) is 22.7 Å². The number of rotatable bonds is 4. The van der Waals surface area contributed by atoms with Gasteiger partial charge in [-0.05, 0) is 24.3 Å². The smallest absolute Gasteiger partial charge is 0.228 e. The fraction of sp³-hybridized carbons (Fsp3) is 0.429. The molecule has 1 atom stereocenters. The molecule has 2 N–H and O–H groups in total. The van der Waals surface area contributed by atoms with Crippen LogP contribution < -0.4 is 5.73 Å². The van der Waals surface area contributed by atoms with Crippen molar-refractivity contribution < 1.29 is 4.79 Å². The van der Waals surface area contributed by atoms with Crippen LogP contribution in [-0.2, 0) is 11.2 Å². The van der Waals surface area contributed by atoms with Gasteiger partial charge in [-0.15, -0.1) is 47.5 Å². The van der Waals surface area contributed by atoms with Crippen molar-refractivity contribution in [2.24, 2.45) is 5.73 Å². The first-order chi connectivity index (χ1) is 9.78. The van der Waals surface area contributed by atoms with Gasteiger partial charge in [0.25, 0.3) is 0 Å². The molecule has 0 aromatic carbocycles. The van der Waals surface area contributed by atoms with Crippen LogP contribution in [0, 0.1) is 0 Å². The normalized spacial score (nSPS) is 17.0. The summed E-state index contributed by atoms with van der Waals surface area (Å²) in [6, 6.07) is 4.29. The van der Waals surface area contributed by atoms with E-state index in [0.717, 1.165) is 35.0 Å². The summed E-state index contributed by atoms with van der Waals surface area (Å²) in [6.07, 6.45) is 2.48. The van der Waals surface area contributed by atoms with Crippen LogP contribution in [0.5, 0.6) is 0 Å². The van der Waals surface area contributed by atoms with Gasteiger partial charge in [0.15, 0.2) is 0 Å². The number of thiazole rings is 1. The van der Waals surface area contributed by atoms with Crippen molar-refractivity contribution in [3.63, 3.8) is 0 Å². The van der Waals surface area contributed by atoms with E-state index in [9.17, 15) is 4.79 Å². The summed E-state index contributed by atoms with van der Waals surface area (Å²) in [4.78, 5) is 20.0. The van der Waals surface area contributed by atoms with E-state index in [2.05, 4.69) is 11.1 Å². The van der Waals surface area contributed by atoms with Crippen molar-refractivity contribution in [2.75, 3.05) is 13.1 Å². The fourth-order valence-corrected chi connectivity index (χ4v) is 4.20. The molecule has 2 aromatic heterocycles. The van der Waals surface area contributed by atoms with Crippen molar-refractivity contribution in [2.45, 2.75) is 25.3 Å². The van der Waals surface area contributed by atoms with Gasteiger partial charge in [-0.2, -0.15) is 0 Å². The molecule has 1 fully saturated rings. The van der Waals surface area contributed by atoms with Gasteiger partial charge in [0.2, 0.25) is 5.91 Å². The van der Waals surface area contributed by atoms with Crippen molar-refractivity contribution in [1.82, 2.24) is 9.88 Å². The molecular weight excluding hydrogens is 361 g/mol. The summed E-state index contributed by atoms with van der Waals surface area (Å²) in [5.41, 5.74) is 6.58. The second kappa shape index (κ2) is 8.84. The average Bonchev–Trinajstić information content (AvgIpc) is 3.19. The minimum absolute atomic E-state index is 0. The number of aromatic nitrogens is 1. The molecule has 1 saturated heterocycles. The Morgan fingerprint density at radius 3 is 2.91 bits per heavy atom. The molecule has 8 heteroatoms. The third kappa shape index (κ3) is 4.20. The third-order valence-corrected chi connectivity index (χ3v) is 5.52. The number of likely N-dealkylation sites (tertiary alicyclic amines) is 1. The summed E-state index contributed by atoms with van der Waals surface area (Å²) < 4.78 is 0. The van der Waals surface area contributed by atoms with Crippen molar-refractivity contribution in [3.8, 4) is 9.88 Å². The molecule has 1 aliphatic rings. The molecule has 1 amide bonds. The van der Waals surface area contributed by atoms with Gasteiger partial charge in [0.05, 0.1) is 17.0 Å². The van der Waals surface area contributed by atoms with Crippen LogP contribution in [0.1, 0.15) is 18.5 Å². The van der Waals surface area contributed by atoms with E-state index in [1.165, 1.54) is 0 Å². The lowest BCUT2D eigenvalue weighted by atomic mass is 10.2. The predicted octanol–water partition coefficient (Wildman–Crippen LogP) is 3.21. The zero-order valence-electron chi connectivity index (χ0n) is 11.9. The van der Waals surface area contributed by atoms with Crippen LogP contribution in [0.2, 0.25) is 0 Å². The molecule has 0 aliphatic carbocycles. The first kappa shape index (κ1) is 19.4. The second-order valence-electron chi connectivity index (χ2n) is 4.92. The predicted molar refractivity (Wildman–Crippen MR) is 97.4 cm³/mol. The van der Waals surface area contributed by atoms with E-state index >= 15 is 0 Å². The van der Waals surface area contributed by atoms with Crippen molar-refractivity contribution >= 4 is 53.4 Å². The van der Waals surface area contributed by atoms with E-state index in [4.69, 9.17) is 5.73 Å². The Morgan fingerprint density at radius 1 is 1.41 bits per heavy atom. The van der Waals surface area contributed by atoms with Crippen LogP contribution in [-0.4, -0.2) is 34.9 Å². The number of nitrogens with two attached hydrogens (primary N) is 1. The van der Waals surface area contributed by atoms with Crippen molar-refractivity contribution in [1.29, 1.82) is 0 Å². The van der Waals surface area contributed by atoms with Crippen molar-refractivity contribution in [3.05, 3.63) is 28.6 Å². The van der Waals surface area contributed by atoms with Gasteiger partial charge < -0.3 is 10.6 Å². The number of carbonyl (C=O) groups excluding carboxylic acids is 1. The highest BCUT2D eigenvalue weighted by Crippen LogP contribution is 2.28. The summed E-state index contributed by atoms with van der Waals surface area (Å²) in [5.74, 6) is 0.154. The maximum absolute atomic E-state index is 12.3. The number of amides is 1. The SMILES string of the molecule is Cl.Cl.NCC1CCCN1C(=O)Cc1csc(-c2cccs2)n1. The minimum atomic E-state index is 0. The van der Waals surface area contributed by atoms with E-state index < -0.39 is 0 Å². The molecule has 1 aliphatic heterocycles. The summed E-state index contributed by atoms with van der Waals surface area (Å²) >= 11 is 3.28. The molecule has 2 aromatic rings. The molecule has 1 unspecified atom stereocenters. The van der Waals surface area contributed by atoms with E-state index in [0.29, 0.717) is 13.0 Å². The number of hydrogen-bond acceptors (Lipinski definition) is 5. The highest BCUT2D eigenvalue weighted by Gasteiger charge is 2.27. The summed E-state index contributed by atoms with van der Waals surface area (Å²) in [7, 11) is 0. The number of nitrogens with zero attached hydrogens (tertiary/aromatic N) is 2. The number of halogens is 2. The Bertz CT molecular complexity index is 589. The van der Waals surface area contributed by atoms with Crippen LogP contribution in [0.3, 0.4) is 0 Å². The topological polar surface area (TPSA) is 59.2 Å². The maximum atomic E-state index is 12.3. The quantitative estimate of drug-likeness (QED) is 0.886. The maximum Gasteiger partial charge on any atom is 0.228 e. The lowest BCUT2D eigenvalue weighted by Gasteiger charge is -2.23. The highest BCUT2D eigenvalue weighted by molar-refractivity contribution is 7.20. The molecule has 0 saturated carbocycles. The Hall–Kier alpha value is -0.660. The van der Waals surface area contributed by atoms with Crippen LogP contribution >= 0.6 is 47.5 Å². The molecule has 3 heterocycles. The lowest BCUT2D eigenvalue weighted by molar-refractivity contribution is -0.131. The van der Waals surface area contributed by atoms with E-state index in [-0.39, 0.29) is 36.8 Å². The Morgan fingerprint density at radius 2 is 2.23 bits per heavy atom. The van der Waals surface area contributed by atoms with Gasteiger partial charge in [0, 0.05) is 24.5 Å². The zero-order valence-corrected chi connectivity index (χ0v) is 15.2. The van der Waals surface area contributed by atoms with Gasteiger partial charge in [-0.25, -0.2) is 4.98 Å². The van der Waals surface area contributed by atoms with Crippen LogP contribution in [0.25, 0.3) is 9.88 Å². The standard InChI is InChI=1S/C14H17N3OS2.2ClH/c15-8-11-3-1-5-17(11)13(18)7-10-9-20-14(16-10)12-4-2-6-19-12;;/h2,4,6,9,11H,1,3,5,7-8,15H2;2*1H. The van der Waals surface area contributed by atoms with Gasteiger partial charge in [0.1, 0.15) is 5.01 Å². The second-order valence-corrected chi connectivity index (χ2v) is 6.72. The van der Waals surface area contributed by atoms with Gasteiger partial charge in [-0.1, -0.05) is 6.07 Å². The largest absolute Gasteiger partial charge is 0.338 e. The van der Waals surface area contributed by atoms with Gasteiger partial charge >= 0.3 is 0 Å². The third-order valence-electron chi connectivity index (χ3n) is 3.59. The Kier molecular flexibility index (Phi) is 7.79. The Balaban J connectivity index is 0.00000121. The number of hydrogen-bond donors (Lipinski definition) is 1. The molecule has 0 spiro atoms. The molecule has 4 nitrogen and oxygen atoms in total. The molecule has 22 heavy (non-hydrogen) atoms. The number of carbonyl (C=O) groups is 1. The molecule has 122 valence electrons. The molecular formula is C14H19Cl2N3OS2.